The van der Waals surface area contributed by atoms with E-state index in [-0.39, 0.29) is 12.3 Å². The van der Waals surface area contributed by atoms with Gasteiger partial charge in [0.25, 0.3) is 0 Å². The topological polar surface area (TPSA) is 53.8 Å². The van der Waals surface area contributed by atoms with E-state index in [0.717, 1.165) is 11.1 Å². The Bertz CT molecular complexity index is 644. The third-order valence-electron chi connectivity index (χ3n) is 4.29. The Kier molecular flexibility index (Phi) is 3.93. The number of nitrogens with one attached hydrogen (secondary N) is 1. The molecule has 0 spiro atoms. The van der Waals surface area contributed by atoms with Gasteiger partial charge in [-0.1, -0.05) is 24.3 Å². The van der Waals surface area contributed by atoms with Crippen LogP contribution < -0.4 is 5.32 Å². The highest BCUT2D eigenvalue weighted by Crippen LogP contribution is 2.38. The zero-order chi connectivity index (χ0) is 15.6. The zero-order valence-corrected chi connectivity index (χ0v) is 12.3. The van der Waals surface area contributed by atoms with Crippen molar-refractivity contribution in [3.8, 4) is 12.3 Å². The lowest BCUT2D eigenvalue weighted by atomic mass is 10.0. The van der Waals surface area contributed by atoms with Crippen LogP contribution in [0.25, 0.3) is 0 Å². The Morgan fingerprint density at radius 3 is 2.91 bits per heavy atom. The first-order chi connectivity index (χ1) is 10.6. The van der Waals surface area contributed by atoms with Crippen molar-refractivity contribution < 1.29 is 9.18 Å². The van der Waals surface area contributed by atoms with Crippen LogP contribution in [0.2, 0.25) is 0 Å². The van der Waals surface area contributed by atoms with Crippen molar-refractivity contribution in [2.24, 2.45) is 10.2 Å². The van der Waals surface area contributed by atoms with Crippen LogP contribution in [0.4, 0.5) is 4.39 Å². The molecular formula is C17H18FN3O. The molecule has 0 saturated heterocycles. The second-order valence-corrected chi connectivity index (χ2v) is 5.85. The van der Waals surface area contributed by atoms with Gasteiger partial charge in [-0.2, -0.15) is 10.2 Å². The summed E-state index contributed by atoms with van der Waals surface area (Å²) in [6, 6.07) is 7.00. The molecule has 0 fully saturated rings. The molecule has 2 aliphatic rings. The van der Waals surface area contributed by atoms with Gasteiger partial charge < -0.3 is 5.32 Å². The largest absolute Gasteiger partial charge is 0.346 e. The molecule has 1 amide bonds. The minimum atomic E-state index is -1.06. The van der Waals surface area contributed by atoms with E-state index in [4.69, 9.17) is 6.42 Å². The van der Waals surface area contributed by atoms with Crippen molar-refractivity contribution in [3.05, 3.63) is 35.4 Å². The third kappa shape index (κ3) is 3.01. The number of halogens is 1. The van der Waals surface area contributed by atoms with Gasteiger partial charge in [0.15, 0.2) is 5.66 Å². The molecule has 3 rings (SSSR count). The first-order valence-electron chi connectivity index (χ1n) is 7.52. The average molecular weight is 299 g/mol. The molecular weight excluding hydrogens is 281 g/mol. The summed E-state index contributed by atoms with van der Waals surface area (Å²) < 4.78 is 14.1. The summed E-state index contributed by atoms with van der Waals surface area (Å²) >= 11 is 0. The minimum absolute atomic E-state index is 0.165. The van der Waals surface area contributed by atoms with Gasteiger partial charge in [-0.05, 0) is 11.1 Å². The third-order valence-corrected chi connectivity index (χ3v) is 4.29. The van der Waals surface area contributed by atoms with E-state index in [1.807, 2.05) is 24.3 Å². The molecule has 1 heterocycles. The summed E-state index contributed by atoms with van der Waals surface area (Å²) in [5.74, 6) is 2.39. The summed E-state index contributed by atoms with van der Waals surface area (Å²) in [4.78, 5) is 12.1. The Balaban J connectivity index is 1.53. The molecule has 5 heteroatoms. The number of fused-ring (bicyclic) bond motifs is 1. The van der Waals surface area contributed by atoms with Gasteiger partial charge in [-0.25, -0.2) is 4.39 Å². The van der Waals surface area contributed by atoms with E-state index in [9.17, 15) is 9.18 Å². The van der Waals surface area contributed by atoms with Gasteiger partial charge >= 0.3 is 0 Å². The van der Waals surface area contributed by atoms with E-state index in [0.29, 0.717) is 25.7 Å². The van der Waals surface area contributed by atoms with E-state index in [1.165, 1.54) is 0 Å². The molecule has 1 N–H and O–H groups in total. The second kappa shape index (κ2) is 5.88. The van der Waals surface area contributed by atoms with Gasteiger partial charge in [-0.3, -0.25) is 4.79 Å². The maximum atomic E-state index is 14.1. The number of carbonyl (C=O) groups excluding carboxylic acids is 1. The smallest absolute Gasteiger partial charge is 0.220 e. The minimum Gasteiger partial charge on any atom is -0.346 e. The number of nitrogens with zero attached hydrogens (tertiary/aromatic N) is 2. The fourth-order valence-corrected chi connectivity index (χ4v) is 2.94. The van der Waals surface area contributed by atoms with Crippen LogP contribution in [0.1, 0.15) is 42.9 Å². The van der Waals surface area contributed by atoms with Crippen LogP contribution in [0, 0.1) is 12.3 Å². The molecule has 1 aliphatic heterocycles. The maximum absolute atomic E-state index is 14.1. The summed E-state index contributed by atoms with van der Waals surface area (Å²) in [6.45, 7) is 0. The van der Waals surface area contributed by atoms with Crippen molar-refractivity contribution in [1.82, 2.24) is 5.32 Å². The first kappa shape index (κ1) is 14.7. The molecule has 0 bridgehead atoms. The van der Waals surface area contributed by atoms with Crippen LogP contribution in [0.5, 0.6) is 0 Å². The van der Waals surface area contributed by atoms with E-state index in [2.05, 4.69) is 21.5 Å². The highest BCUT2D eigenvalue weighted by atomic mass is 19.1. The van der Waals surface area contributed by atoms with Crippen LogP contribution in [0.3, 0.4) is 0 Å². The molecule has 1 aromatic carbocycles. The number of benzene rings is 1. The quantitative estimate of drug-likeness (QED) is 0.806. The summed E-state index contributed by atoms with van der Waals surface area (Å²) in [7, 11) is 0. The van der Waals surface area contributed by atoms with Gasteiger partial charge in [0.2, 0.25) is 5.91 Å². The number of hydrogen-bond donors (Lipinski definition) is 1. The van der Waals surface area contributed by atoms with Crippen molar-refractivity contribution in [2.75, 3.05) is 0 Å². The van der Waals surface area contributed by atoms with E-state index in [1.54, 1.807) is 0 Å². The zero-order valence-electron chi connectivity index (χ0n) is 12.3. The number of alkyl halides is 1. The number of carbonyl (C=O) groups is 1. The maximum Gasteiger partial charge on any atom is 0.220 e. The summed E-state index contributed by atoms with van der Waals surface area (Å²) in [5.41, 5.74) is 1.39. The number of amides is 1. The van der Waals surface area contributed by atoms with Crippen LogP contribution >= 0.6 is 0 Å². The summed E-state index contributed by atoms with van der Waals surface area (Å²) in [6.07, 6.45) is 6.61. The lowest BCUT2D eigenvalue weighted by Gasteiger charge is -2.17. The highest BCUT2D eigenvalue weighted by Gasteiger charge is 2.40. The fraction of sp³-hybridized carbons (Fsp3) is 0.471. The lowest BCUT2D eigenvalue weighted by Crippen LogP contribution is -2.32. The van der Waals surface area contributed by atoms with Gasteiger partial charge in [0, 0.05) is 32.1 Å². The number of hydrogen-bond acceptors (Lipinski definition) is 3. The normalized spacial score (nSPS) is 23.6. The average Bonchev–Trinajstić information content (AvgIpc) is 3.23. The molecule has 0 aromatic heterocycles. The lowest BCUT2D eigenvalue weighted by molar-refractivity contribution is -0.122. The predicted octanol–water partition coefficient (Wildman–Crippen LogP) is 3.09. The Hall–Kier alpha value is -2.22. The fourth-order valence-electron chi connectivity index (χ4n) is 2.94. The SMILES string of the molecule is C#CCCC1(CCC(=O)N[C@H]2c3ccccc3C[C@H]2F)N=N1. The van der Waals surface area contributed by atoms with Crippen LogP contribution in [0.15, 0.2) is 34.5 Å². The van der Waals surface area contributed by atoms with Crippen LogP contribution in [-0.2, 0) is 11.2 Å². The molecule has 2 atom stereocenters. The second-order valence-electron chi connectivity index (χ2n) is 5.85. The highest BCUT2D eigenvalue weighted by molar-refractivity contribution is 5.77. The molecule has 0 radical (unpaired) electrons. The van der Waals surface area contributed by atoms with Gasteiger partial charge in [0.1, 0.15) is 6.17 Å². The standard InChI is InChI=1S/C17H18FN3O/c1-2-3-9-17(20-21-17)10-8-15(22)19-16-13-7-5-4-6-12(13)11-14(16)18/h1,4-7,14,16H,3,8-11H2,(H,19,22)/t14-,16+/m1/s1. The van der Waals surface area contributed by atoms with E-state index >= 15 is 0 Å². The number of rotatable bonds is 6. The predicted molar refractivity (Wildman–Crippen MR) is 80.8 cm³/mol. The molecule has 1 aliphatic carbocycles. The van der Waals surface area contributed by atoms with Crippen LogP contribution in [-0.4, -0.2) is 17.7 Å². The monoisotopic (exact) mass is 299 g/mol. The molecule has 0 unspecified atom stereocenters. The molecule has 1 aromatic rings. The Morgan fingerprint density at radius 1 is 1.41 bits per heavy atom. The van der Waals surface area contributed by atoms with Gasteiger partial charge in [-0.15, -0.1) is 12.3 Å². The molecule has 114 valence electrons. The van der Waals surface area contributed by atoms with Crippen molar-refractivity contribution >= 4 is 5.91 Å². The van der Waals surface area contributed by atoms with Crippen molar-refractivity contribution in [1.29, 1.82) is 0 Å². The van der Waals surface area contributed by atoms with Crippen molar-refractivity contribution in [2.45, 2.75) is 50.0 Å². The van der Waals surface area contributed by atoms with E-state index < -0.39 is 17.9 Å². The molecule has 22 heavy (non-hydrogen) atoms. The molecule has 4 nitrogen and oxygen atoms in total. The van der Waals surface area contributed by atoms with Crippen molar-refractivity contribution in [3.63, 3.8) is 0 Å². The molecule has 0 saturated carbocycles. The number of terminal acetylenes is 1. The van der Waals surface area contributed by atoms with Gasteiger partial charge in [0.05, 0.1) is 6.04 Å². The summed E-state index contributed by atoms with van der Waals surface area (Å²) in [5, 5.41) is 10.8. The first-order valence-corrected chi connectivity index (χ1v) is 7.52. The Morgan fingerprint density at radius 2 is 2.18 bits per heavy atom. The Labute approximate surface area is 129 Å².